The van der Waals surface area contributed by atoms with Gasteiger partial charge in [0, 0.05) is 45.8 Å². The predicted molar refractivity (Wildman–Crippen MR) is 98.8 cm³/mol. The van der Waals surface area contributed by atoms with Crippen molar-refractivity contribution in [1.29, 1.82) is 0 Å². The second-order valence-corrected chi connectivity index (χ2v) is 6.56. The standard InChI is InChI=1S/C18H34N4O3/c1-3-19-18(20-8-5-9-21-12-14-24-15-13-21)22-10-6-16(7-11-22)17(23)25-4-2/h16H,3-15H2,1-2H3,(H,19,20). The van der Waals surface area contributed by atoms with Crippen LogP contribution in [0.3, 0.4) is 0 Å². The van der Waals surface area contributed by atoms with Crippen LogP contribution in [0.1, 0.15) is 33.1 Å². The molecular formula is C18H34N4O3. The van der Waals surface area contributed by atoms with Crippen molar-refractivity contribution in [1.82, 2.24) is 15.1 Å². The Balaban J connectivity index is 1.74. The van der Waals surface area contributed by atoms with E-state index in [1.807, 2.05) is 6.92 Å². The summed E-state index contributed by atoms with van der Waals surface area (Å²) in [6.07, 6.45) is 2.75. The summed E-state index contributed by atoms with van der Waals surface area (Å²) in [6.45, 7) is 12.7. The van der Waals surface area contributed by atoms with Crippen LogP contribution in [0, 0.1) is 5.92 Å². The fourth-order valence-electron chi connectivity index (χ4n) is 3.32. The van der Waals surface area contributed by atoms with Gasteiger partial charge in [0.1, 0.15) is 0 Å². The normalized spacial score (nSPS) is 20.6. The molecule has 25 heavy (non-hydrogen) atoms. The lowest BCUT2D eigenvalue weighted by atomic mass is 9.97. The van der Waals surface area contributed by atoms with Gasteiger partial charge < -0.3 is 19.7 Å². The molecule has 0 aromatic rings. The Morgan fingerprint density at radius 2 is 1.92 bits per heavy atom. The van der Waals surface area contributed by atoms with Gasteiger partial charge in [0.2, 0.25) is 0 Å². The van der Waals surface area contributed by atoms with E-state index in [0.29, 0.717) is 6.61 Å². The number of nitrogens with one attached hydrogen (secondary N) is 1. The van der Waals surface area contributed by atoms with Gasteiger partial charge in [-0.15, -0.1) is 0 Å². The summed E-state index contributed by atoms with van der Waals surface area (Å²) >= 11 is 0. The van der Waals surface area contributed by atoms with Crippen molar-refractivity contribution in [3.8, 4) is 0 Å². The maximum Gasteiger partial charge on any atom is 0.309 e. The van der Waals surface area contributed by atoms with E-state index in [9.17, 15) is 4.79 Å². The van der Waals surface area contributed by atoms with E-state index in [0.717, 1.165) is 84.2 Å². The summed E-state index contributed by atoms with van der Waals surface area (Å²) in [5.41, 5.74) is 0. The largest absolute Gasteiger partial charge is 0.466 e. The fraction of sp³-hybridized carbons (Fsp3) is 0.889. The molecule has 7 heteroatoms. The van der Waals surface area contributed by atoms with Crippen molar-refractivity contribution in [2.75, 3.05) is 65.6 Å². The first-order valence-electron chi connectivity index (χ1n) is 9.74. The number of likely N-dealkylation sites (tertiary alicyclic amines) is 1. The van der Waals surface area contributed by atoms with Gasteiger partial charge in [-0.3, -0.25) is 14.7 Å². The van der Waals surface area contributed by atoms with E-state index in [1.54, 1.807) is 0 Å². The van der Waals surface area contributed by atoms with Crippen molar-refractivity contribution in [3.63, 3.8) is 0 Å². The summed E-state index contributed by atoms with van der Waals surface area (Å²) in [4.78, 5) is 21.4. The lowest BCUT2D eigenvalue weighted by molar-refractivity contribution is -0.149. The second-order valence-electron chi connectivity index (χ2n) is 6.56. The predicted octanol–water partition coefficient (Wildman–Crippen LogP) is 0.949. The highest BCUT2D eigenvalue weighted by Gasteiger charge is 2.27. The highest BCUT2D eigenvalue weighted by atomic mass is 16.5. The third-order valence-corrected chi connectivity index (χ3v) is 4.75. The molecule has 0 saturated carbocycles. The third-order valence-electron chi connectivity index (χ3n) is 4.75. The molecule has 0 aliphatic carbocycles. The minimum Gasteiger partial charge on any atom is -0.466 e. The molecule has 1 N–H and O–H groups in total. The number of aliphatic imine (C=N–C) groups is 1. The van der Waals surface area contributed by atoms with Crippen LogP contribution in [0.25, 0.3) is 0 Å². The molecular weight excluding hydrogens is 320 g/mol. The number of carbonyl (C=O) groups excluding carboxylic acids is 1. The summed E-state index contributed by atoms with van der Waals surface area (Å²) in [5.74, 6) is 0.974. The fourth-order valence-corrected chi connectivity index (χ4v) is 3.32. The maximum absolute atomic E-state index is 11.9. The van der Waals surface area contributed by atoms with Crippen molar-refractivity contribution in [2.45, 2.75) is 33.1 Å². The molecule has 0 atom stereocenters. The monoisotopic (exact) mass is 354 g/mol. The number of ether oxygens (including phenoxy) is 2. The molecule has 0 aromatic heterocycles. The lowest BCUT2D eigenvalue weighted by Crippen LogP contribution is -2.46. The number of nitrogens with zero attached hydrogens (tertiary/aromatic N) is 3. The van der Waals surface area contributed by atoms with Gasteiger partial charge in [0.15, 0.2) is 5.96 Å². The van der Waals surface area contributed by atoms with Gasteiger partial charge in [-0.25, -0.2) is 0 Å². The molecule has 2 saturated heterocycles. The highest BCUT2D eigenvalue weighted by Crippen LogP contribution is 2.18. The quantitative estimate of drug-likeness (QED) is 0.318. The van der Waals surface area contributed by atoms with E-state index < -0.39 is 0 Å². The van der Waals surface area contributed by atoms with E-state index in [1.165, 1.54) is 0 Å². The minimum atomic E-state index is -0.0467. The van der Waals surface area contributed by atoms with Crippen LogP contribution in [0.5, 0.6) is 0 Å². The zero-order chi connectivity index (χ0) is 17.9. The molecule has 0 amide bonds. The van der Waals surface area contributed by atoms with E-state index in [-0.39, 0.29) is 11.9 Å². The Morgan fingerprint density at radius 1 is 1.20 bits per heavy atom. The third kappa shape index (κ3) is 6.82. The van der Waals surface area contributed by atoms with Crippen LogP contribution < -0.4 is 5.32 Å². The number of piperidine rings is 1. The molecule has 144 valence electrons. The first-order chi connectivity index (χ1) is 12.2. The Kier molecular flexibility index (Phi) is 9.04. The summed E-state index contributed by atoms with van der Waals surface area (Å²) in [6, 6.07) is 0. The Labute approximate surface area is 151 Å². The second kappa shape index (κ2) is 11.3. The van der Waals surface area contributed by atoms with Gasteiger partial charge in [-0.05, 0) is 33.1 Å². The van der Waals surface area contributed by atoms with Crippen molar-refractivity contribution in [3.05, 3.63) is 0 Å². The highest BCUT2D eigenvalue weighted by molar-refractivity contribution is 5.80. The molecule has 0 unspecified atom stereocenters. The molecule has 7 nitrogen and oxygen atoms in total. The molecule has 0 spiro atoms. The Hall–Kier alpha value is -1.34. The number of guanidine groups is 1. The van der Waals surface area contributed by atoms with Crippen molar-refractivity contribution < 1.29 is 14.3 Å². The minimum absolute atomic E-state index is 0.0420. The summed E-state index contributed by atoms with van der Waals surface area (Å²) in [7, 11) is 0. The number of morpholine rings is 1. The number of carbonyl (C=O) groups is 1. The topological polar surface area (TPSA) is 66.4 Å². The van der Waals surface area contributed by atoms with Gasteiger partial charge in [-0.2, -0.15) is 0 Å². The average molecular weight is 354 g/mol. The molecule has 2 heterocycles. The molecule has 2 aliphatic heterocycles. The van der Waals surface area contributed by atoms with E-state index in [2.05, 4.69) is 22.0 Å². The number of hydrogen-bond donors (Lipinski definition) is 1. The van der Waals surface area contributed by atoms with Gasteiger partial charge >= 0.3 is 5.97 Å². The lowest BCUT2D eigenvalue weighted by Gasteiger charge is -2.33. The first kappa shape index (κ1) is 20.0. The van der Waals surface area contributed by atoms with Gasteiger partial charge in [-0.1, -0.05) is 0 Å². The zero-order valence-corrected chi connectivity index (χ0v) is 15.8. The number of esters is 1. The van der Waals surface area contributed by atoms with E-state index in [4.69, 9.17) is 14.5 Å². The SMILES string of the molecule is CCNC(=NCCCN1CCOCC1)N1CCC(C(=O)OCC)CC1. The van der Waals surface area contributed by atoms with Crippen LogP contribution in [-0.4, -0.2) is 87.4 Å². The number of rotatable bonds is 7. The summed E-state index contributed by atoms with van der Waals surface area (Å²) in [5, 5.41) is 3.39. The van der Waals surface area contributed by atoms with E-state index >= 15 is 0 Å². The van der Waals surface area contributed by atoms with Crippen molar-refractivity contribution in [2.24, 2.45) is 10.9 Å². The van der Waals surface area contributed by atoms with Gasteiger partial charge in [0.25, 0.3) is 0 Å². The number of hydrogen-bond acceptors (Lipinski definition) is 5. The molecule has 0 bridgehead atoms. The smallest absolute Gasteiger partial charge is 0.309 e. The van der Waals surface area contributed by atoms with Crippen LogP contribution >= 0.6 is 0 Å². The van der Waals surface area contributed by atoms with Crippen LogP contribution in [0.4, 0.5) is 0 Å². The Morgan fingerprint density at radius 3 is 2.56 bits per heavy atom. The van der Waals surface area contributed by atoms with Crippen LogP contribution in [0.15, 0.2) is 4.99 Å². The molecule has 0 aromatic carbocycles. The average Bonchev–Trinajstić information content (AvgIpc) is 2.65. The Bertz CT molecular complexity index is 417. The molecule has 0 radical (unpaired) electrons. The zero-order valence-electron chi connectivity index (χ0n) is 15.8. The molecule has 2 aliphatic rings. The van der Waals surface area contributed by atoms with Crippen LogP contribution in [-0.2, 0) is 14.3 Å². The van der Waals surface area contributed by atoms with Gasteiger partial charge in [0.05, 0.1) is 25.7 Å². The van der Waals surface area contributed by atoms with Crippen LogP contribution in [0.2, 0.25) is 0 Å². The summed E-state index contributed by atoms with van der Waals surface area (Å²) < 4.78 is 10.5. The molecule has 2 fully saturated rings. The maximum atomic E-state index is 11.9. The first-order valence-corrected chi connectivity index (χ1v) is 9.74. The van der Waals surface area contributed by atoms with Crippen molar-refractivity contribution >= 4 is 11.9 Å². The molecule has 2 rings (SSSR count).